The third-order valence-electron chi connectivity index (χ3n) is 4.12. The Morgan fingerprint density at radius 2 is 1.89 bits per heavy atom. The second kappa shape index (κ2) is 6.89. The first-order valence-corrected chi connectivity index (χ1v) is 7.48. The third-order valence-corrected chi connectivity index (χ3v) is 4.12. The Labute approximate surface area is 114 Å². The van der Waals surface area contributed by atoms with Crippen molar-refractivity contribution in [1.82, 2.24) is 16.0 Å². The van der Waals surface area contributed by atoms with E-state index in [-0.39, 0.29) is 23.8 Å². The molecule has 2 fully saturated rings. The minimum Gasteiger partial charge on any atom is -0.350 e. The number of piperidine rings is 1. The van der Waals surface area contributed by atoms with Gasteiger partial charge in [-0.15, -0.1) is 0 Å². The predicted octanol–water partition coefficient (Wildman–Crippen LogP) is 0.550. The number of nitrogens with one attached hydrogen (secondary N) is 3. The van der Waals surface area contributed by atoms with Crippen LogP contribution in [0.4, 0.5) is 0 Å². The van der Waals surface area contributed by atoms with Crippen molar-refractivity contribution >= 4 is 11.8 Å². The lowest BCUT2D eigenvalue weighted by Gasteiger charge is -2.25. The summed E-state index contributed by atoms with van der Waals surface area (Å²) < 4.78 is 0. The van der Waals surface area contributed by atoms with Crippen LogP contribution in [0.15, 0.2) is 0 Å². The fourth-order valence-corrected chi connectivity index (χ4v) is 2.89. The summed E-state index contributed by atoms with van der Waals surface area (Å²) in [5, 5.41) is 9.10. The normalized spacial score (nSPS) is 25.8. The van der Waals surface area contributed by atoms with Gasteiger partial charge in [-0.25, -0.2) is 0 Å². The Hall–Kier alpha value is -1.10. The molecular formula is C14H25N3O2. The molecular weight excluding hydrogens is 242 g/mol. The summed E-state index contributed by atoms with van der Waals surface area (Å²) in [6.07, 6.45) is 6.30. The maximum atomic E-state index is 12.0. The zero-order chi connectivity index (χ0) is 13.7. The quantitative estimate of drug-likeness (QED) is 0.696. The molecule has 2 rings (SSSR count). The zero-order valence-electron chi connectivity index (χ0n) is 11.7. The molecule has 108 valence electrons. The SMILES string of the molecule is CC(NC(=O)C1CCCC1)C(=O)N[C@H]1CCCNC1. The third kappa shape index (κ3) is 4.20. The van der Waals surface area contributed by atoms with Crippen LogP contribution in [-0.2, 0) is 9.59 Å². The van der Waals surface area contributed by atoms with Crippen LogP contribution in [0.25, 0.3) is 0 Å². The standard InChI is InChI=1S/C14H25N3O2/c1-10(16-14(19)11-5-2-3-6-11)13(18)17-12-7-4-8-15-9-12/h10-12,15H,2-9H2,1H3,(H,16,19)(H,17,18)/t10?,12-/m0/s1. The van der Waals surface area contributed by atoms with E-state index in [0.29, 0.717) is 0 Å². The van der Waals surface area contributed by atoms with Gasteiger partial charge in [0.25, 0.3) is 0 Å². The topological polar surface area (TPSA) is 70.2 Å². The molecule has 19 heavy (non-hydrogen) atoms. The maximum absolute atomic E-state index is 12.0. The van der Waals surface area contributed by atoms with Crippen LogP contribution < -0.4 is 16.0 Å². The van der Waals surface area contributed by atoms with Crippen LogP contribution in [0.1, 0.15) is 45.4 Å². The molecule has 1 aliphatic carbocycles. The van der Waals surface area contributed by atoms with Crippen molar-refractivity contribution < 1.29 is 9.59 Å². The molecule has 1 heterocycles. The summed E-state index contributed by atoms with van der Waals surface area (Å²) in [4.78, 5) is 24.0. The highest BCUT2D eigenvalue weighted by molar-refractivity contribution is 5.88. The average Bonchev–Trinajstić information content (AvgIpc) is 2.93. The van der Waals surface area contributed by atoms with Crippen molar-refractivity contribution in [2.75, 3.05) is 13.1 Å². The van der Waals surface area contributed by atoms with Crippen LogP contribution in [-0.4, -0.2) is 37.0 Å². The van der Waals surface area contributed by atoms with Gasteiger partial charge in [0.1, 0.15) is 6.04 Å². The zero-order valence-corrected chi connectivity index (χ0v) is 11.7. The minimum absolute atomic E-state index is 0.0434. The van der Waals surface area contributed by atoms with E-state index in [9.17, 15) is 9.59 Å². The van der Waals surface area contributed by atoms with Crippen molar-refractivity contribution in [1.29, 1.82) is 0 Å². The van der Waals surface area contributed by atoms with Crippen LogP contribution in [0.5, 0.6) is 0 Å². The Balaban J connectivity index is 1.73. The first-order chi connectivity index (χ1) is 9.16. The largest absolute Gasteiger partial charge is 0.350 e. The van der Waals surface area contributed by atoms with Gasteiger partial charge in [0.15, 0.2) is 0 Å². The highest BCUT2D eigenvalue weighted by Gasteiger charge is 2.26. The summed E-state index contributed by atoms with van der Waals surface area (Å²) in [7, 11) is 0. The summed E-state index contributed by atoms with van der Waals surface area (Å²) in [6, 6.07) is -0.234. The van der Waals surface area contributed by atoms with Crippen molar-refractivity contribution in [2.24, 2.45) is 5.92 Å². The highest BCUT2D eigenvalue weighted by Crippen LogP contribution is 2.24. The predicted molar refractivity (Wildman–Crippen MR) is 73.6 cm³/mol. The van der Waals surface area contributed by atoms with E-state index >= 15 is 0 Å². The molecule has 1 saturated carbocycles. The second-order valence-electron chi connectivity index (χ2n) is 5.76. The fraction of sp³-hybridized carbons (Fsp3) is 0.857. The Morgan fingerprint density at radius 3 is 2.53 bits per heavy atom. The molecule has 2 aliphatic rings. The molecule has 2 atom stereocenters. The van der Waals surface area contributed by atoms with E-state index < -0.39 is 6.04 Å². The van der Waals surface area contributed by atoms with Crippen LogP contribution >= 0.6 is 0 Å². The first-order valence-electron chi connectivity index (χ1n) is 7.48. The summed E-state index contributed by atoms with van der Waals surface area (Å²) in [6.45, 7) is 3.62. The minimum atomic E-state index is -0.435. The molecule has 1 unspecified atom stereocenters. The second-order valence-corrected chi connectivity index (χ2v) is 5.76. The van der Waals surface area contributed by atoms with Gasteiger partial charge < -0.3 is 16.0 Å². The van der Waals surface area contributed by atoms with E-state index in [1.54, 1.807) is 6.92 Å². The Bertz CT molecular complexity index is 321. The molecule has 1 saturated heterocycles. The Morgan fingerprint density at radius 1 is 1.16 bits per heavy atom. The Kier molecular flexibility index (Phi) is 5.19. The van der Waals surface area contributed by atoms with Crippen molar-refractivity contribution in [3.63, 3.8) is 0 Å². The lowest BCUT2D eigenvalue weighted by Crippen LogP contribution is -2.52. The van der Waals surface area contributed by atoms with E-state index in [1.807, 2.05) is 0 Å². The highest BCUT2D eigenvalue weighted by atomic mass is 16.2. The van der Waals surface area contributed by atoms with Gasteiger partial charge in [0.05, 0.1) is 0 Å². The molecule has 0 spiro atoms. The lowest BCUT2D eigenvalue weighted by molar-refractivity contribution is -0.131. The molecule has 0 bridgehead atoms. The van der Waals surface area contributed by atoms with Gasteiger partial charge in [-0.3, -0.25) is 9.59 Å². The molecule has 3 N–H and O–H groups in total. The van der Waals surface area contributed by atoms with Crippen LogP contribution in [0.2, 0.25) is 0 Å². The molecule has 0 radical (unpaired) electrons. The van der Waals surface area contributed by atoms with Crippen molar-refractivity contribution in [3.8, 4) is 0 Å². The molecule has 2 amide bonds. The first kappa shape index (κ1) is 14.3. The molecule has 0 aromatic carbocycles. The number of hydrogen-bond acceptors (Lipinski definition) is 3. The molecule has 1 aliphatic heterocycles. The van der Waals surface area contributed by atoms with E-state index in [1.165, 1.54) is 0 Å². The number of amides is 2. The van der Waals surface area contributed by atoms with Crippen molar-refractivity contribution in [2.45, 2.75) is 57.5 Å². The average molecular weight is 267 g/mol. The van der Waals surface area contributed by atoms with Gasteiger partial charge in [0, 0.05) is 18.5 Å². The van der Waals surface area contributed by atoms with Gasteiger partial charge in [-0.1, -0.05) is 12.8 Å². The number of carbonyl (C=O) groups is 2. The molecule has 5 nitrogen and oxygen atoms in total. The van der Waals surface area contributed by atoms with E-state index in [4.69, 9.17) is 0 Å². The van der Waals surface area contributed by atoms with E-state index in [0.717, 1.165) is 51.6 Å². The summed E-state index contributed by atoms with van der Waals surface area (Å²) in [5.74, 6) is 0.0913. The number of carbonyl (C=O) groups excluding carboxylic acids is 2. The van der Waals surface area contributed by atoms with Gasteiger partial charge in [0.2, 0.25) is 11.8 Å². The smallest absolute Gasteiger partial charge is 0.242 e. The van der Waals surface area contributed by atoms with Crippen molar-refractivity contribution in [3.05, 3.63) is 0 Å². The van der Waals surface area contributed by atoms with Gasteiger partial charge in [-0.05, 0) is 39.2 Å². The van der Waals surface area contributed by atoms with E-state index in [2.05, 4.69) is 16.0 Å². The van der Waals surface area contributed by atoms with Gasteiger partial charge >= 0.3 is 0 Å². The molecule has 5 heteroatoms. The summed E-state index contributed by atoms with van der Waals surface area (Å²) >= 11 is 0. The van der Waals surface area contributed by atoms with Gasteiger partial charge in [-0.2, -0.15) is 0 Å². The molecule has 0 aromatic rings. The lowest BCUT2D eigenvalue weighted by atomic mass is 10.1. The maximum Gasteiger partial charge on any atom is 0.242 e. The number of rotatable bonds is 4. The van der Waals surface area contributed by atoms with Crippen LogP contribution in [0, 0.1) is 5.92 Å². The monoisotopic (exact) mass is 267 g/mol. The number of hydrogen-bond donors (Lipinski definition) is 3. The fourth-order valence-electron chi connectivity index (χ4n) is 2.89. The molecule has 0 aromatic heterocycles. The summed E-state index contributed by atoms with van der Waals surface area (Å²) in [5.41, 5.74) is 0. The van der Waals surface area contributed by atoms with Crippen LogP contribution in [0.3, 0.4) is 0 Å².